The number of aryl methyl sites for hydroxylation is 1. The molecule has 0 spiro atoms. The van der Waals surface area contributed by atoms with Gasteiger partial charge in [0.05, 0.1) is 5.52 Å². The number of unbranched alkanes of at least 4 members (excludes halogenated alkanes) is 6. The lowest BCUT2D eigenvalue weighted by Gasteiger charge is -1.99. The molecule has 2 aromatic rings. The number of fused-ring (bicyclic) bond motifs is 1. The smallest absolute Gasteiger partial charge is 0.178 e. The van der Waals surface area contributed by atoms with Crippen LogP contribution in [0.3, 0.4) is 0 Å². The monoisotopic (exact) mass is 323 g/mol. The molecule has 0 bridgehead atoms. The molecule has 19 heavy (non-hydrogen) atoms. The number of H-pyrrole nitrogens is 1. The molecule has 0 fully saturated rings. The first-order chi connectivity index (χ1) is 9.29. The molecule has 1 N–H and O–H groups in total. The Morgan fingerprint density at radius 2 is 1.74 bits per heavy atom. The fourth-order valence-electron chi connectivity index (χ4n) is 2.29. The molecule has 0 saturated heterocycles. The van der Waals surface area contributed by atoms with Gasteiger partial charge in [-0.05, 0) is 34.5 Å². The molecule has 0 aliphatic heterocycles. The summed E-state index contributed by atoms with van der Waals surface area (Å²) in [6.07, 6.45) is 10.4. The van der Waals surface area contributed by atoms with Crippen molar-refractivity contribution >= 4 is 27.1 Å². The number of aromatic nitrogens is 3. The van der Waals surface area contributed by atoms with Crippen LogP contribution in [0.1, 0.15) is 57.7 Å². The summed E-state index contributed by atoms with van der Waals surface area (Å²) in [7, 11) is 0. The van der Waals surface area contributed by atoms with Crippen molar-refractivity contribution in [3.63, 3.8) is 0 Å². The Hall–Kier alpha value is -0.900. The molecule has 0 aromatic carbocycles. The molecule has 104 valence electrons. The van der Waals surface area contributed by atoms with E-state index in [0.717, 1.165) is 28.0 Å². The van der Waals surface area contributed by atoms with Crippen LogP contribution in [0.2, 0.25) is 0 Å². The Kier molecular flexibility index (Phi) is 5.83. The van der Waals surface area contributed by atoms with E-state index in [1.165, 1.54) is 44.9 Å². The summed E-state index contributed by atoms with van der Waals surface area (Å²) in [5.41, 5.74) is 1.84. The number of halogens is 1. The Labute approximate surface area is 123 Å². The van der Waals surface area contributed by atoms with Gasteiger partial charge in [-0.15, -0.1) is 0 Å². The molecule has 0 saturated carbocycles. The highest BCUT2D eigenvalue weighted by Gasteiger charge is 2.04. The summed E-state index contributed by atoms with van der Waals surface area (Å²) in [5.74, 6) is 1.06. The molecular formula is C15H22BrN3. The molecule has 0 aliphatic carbocycles. The minimum atomic E-state index is 0.812. The molecule has 0 aliphatic rings. The average Bonchev–Trinajstić information content (AvgIpc) is 2.79. The number of nitrogens with zero attached hydrogens (tertiary/aromatic N) is 2. The zero-order chi connectivity index (χ0) is 13.5. The van der Waals surface area contributed by atoms with Crippen LogP contribution in [0.15, 0.2) is 16.7 Å². The van der Waals surface area contributed by atoms with Crippen LogP contribution in [0.5, 0.6) is 0 Å². The van der Waals surface area contributed by atoms with Crippen LogP contribution >= 0.6 is 15.9 Å². The van der Waals surface area contributed by atoms with E-state index < -0.39 is 0 Å². The second-order valence-electron chi connectivity index (χ2n) is 5.06. The summed E-state index contributed by atoms with van der Waals surface area (Å²) in [6, 6.07) is 3.96. The zero-order valence-electron chi connectivity index (χ0n) is 11.6. The number of aromatic amines is 1. The van der Waals surface area contributed by atoms with Gasteiger partial charge in [0.1, 0.15) is 10.4 Å². The predicted octanol–water partition coefficient (Wildman–Crippen LogP) is 5.01. The molecule has 0 radical (unpaired) electrons. The van der Waals surface area contributed by atoms with Crippen molar-refractivity contribution in [2.45, 2.75) is 58.3 Å². The third kappa shape index (κ3) is 4.60. The first-order valence-electron chi connectivity index (χ1n) is 7.30. The normalized spacial score (nSPS) is 11.3. The molecule has 3 nitrogen and oxygen atoms in total. The van der Waals surface area contributed by atoms with Gasteiger partial charge in [0, 0.05) is 6.42 Å². The third-order valence-corrected chi connectivity index (χ3v) is 3.82. The molecule has 0 unspecified atom stereocenters. The lowest BCUT2D eigenvalue weighted by Crippen LogP contribution is -1.88. The van der Waals surface area contributed by atoms with Crippen LogP contribution in [0.4, 0.5) is 0 Å². The fourth-order valence-corrected chi connectivity index (χ4v) is 2.59. The van der Waals surface area contributed by atoms with Gasteiger partial charge in [0.15, 0.2) is 5.65 Å². The molecule has 0 atom stereocenters. The molecule has 4 heteroatoms. The summed E-state index contributed by atoms with van der Waals surface area (Å²) in [4.78, 5) is 12.2. The van der Waals surface area contributed by atoms with Crippen molar-refractivity contribution in [2.75, 3.05) is 0 Å². The number of pyridine rings is 1. The van der Waals surface area contributed by atoms with Crippen molar-refractivity contribution in [3.8, 4) is 0 Å². The number of hydrogen-bond donors (Lipinski definition) is 1. The van der Waals surface area contributed by atoms with Crippen LogP contribution in [0, 0.1) is 0 Å². The van der Waals surface area contributed by atoms with E-state index in [-0.39, 0.29) is 0 Å². The number of rotatable bonds is 8. The predicted molar refractivity (Wildman–Crippen MR) is 83.3 cm³/mol. The molecule has 2 aromatic heterocycles. The topological polar surface area (TPSA) is 41.6 Å². The highest BCUT2D eigenvalue weighted by atomic mass is 79.9. The van der Waals surface area contributed by atoms with Gasteiger partial charge in [-0.2, -0.15) is 0 Å². The van der Waals surface area contributed by atoms with Gasteiger partial charge in [0.2, 0.25) is 0 Å². The quantitative estimate of drug-likeness (QED) is 0.547. The summed E-state index contributed by atoms with van der Waals surface area (Å²) < 4.78 is 0.842. The Morgan fingerprint density at radius 3 is 2.53 bits per heavy atom. The molecule has 0 amide bonds. The number of imidazole rings is 1. The van der Waals surface area contributed by atoms with E-state index in [0.29, 0.717) is 0 Å². The van der Waals surface area contributed by atoms with E-state index in [4.69, 9.17) is 0 Å². The number of nitrogens with one attached hydrogen (secondary N) is 1. The van der Waals surface area contributed by atoms with E-state index in [2.05, 4.69) is 37.8 Å². The van der Waals surface area contributed by atoms with Gasteiger partial charge in [-0.3, -0.25) is 0 Å². The largest absolute Gasteiger partial charge is 0.341 e. The van der Waals surface area contributed by atoms with E-state index in [1.54, 1.807) is 0 Å². The van der Waals surface area contributed by atoms with Gasteiger partial charge in [-0.25, -0.2) is 9.97 Å². The van der Waals surface area contributed by atoms with Crippen molar-refractivity contribution in [2.24, 2.45) is 0 Å². The SMILES string of the molecule is CCCCCCCCCc1nc2nc(Br)ccc2[nH]1. The number of hydrogen-bond acceptors (Lipinski definition) is 2. The van der Waals surface area contributed by atoms with Crippen molar-refractivity contribution in [1.29, 1.82) is 0 Å². The highest BCUT2D eigenvalue weighted by Crippen LogP contribution is 2.15. The van der Waals surface area contributed by atoms with Gasteiger partial charge >= 0.3 is 0 Å². The zero-order valence-corrected chi connectivity index (χ0v) is 13.2. The minimum absolute atomic E-state index is 0.812. The maximum absolute atomic E-state index is 4.52. The fraction of sp³-hybridized carbons (Fsp3) is 0.600. The average molecular weight is 324 g/mol. The van der Waals surface area contributed by atoms with Crippen molar-refractivity contribution < 1.29 is 0 Å². The lowest BCUT2D eigenvalue weighted by molar-refractivity contribution is 0.585. The molecule has 2 rings (SSSR count). The second kappa shape index (κ2) is 7.63. The van der Waals surface area contributed by atoms with Crippen molar-refractivity contribution in [1.82, 2.24) is 15.0 Å². The summed E-state index contributed by atoms with van der Waals surface area (Å²) in [6.45, 7) is 2.26. The maximum Gasteiger partial charge on any atom is 0.178 e. The first-order valence-corrected chi connectivity index (χ1v) is 8.10. The Morgan fingerprint density at radius 1 is 1.00 bits per heavy atom. The van der Waals surface area contributed by atoms with E-state index in [9.17, 15) is 0 Å². The van der Waals surface area contributed by atoms with Crippen LogP contribution < -0.4 is 0 Å². The second-order valence-corrected chi connectivity index (χ2v) is 5.87. The first kappa shape index (κ1) is 14.5. The third-order valence-electron chi connectivity index (χ3n) is 3.38. The lowest BCUT2D eigenvalue weighted by atomic mass is 10.1. The van der Waals surface area contributed by atoms with Crippen molar-refractivity contribution in [3.05, 3.63) is 22.6 Å². The van der Waals surface area contributed by atoms with Crippen LogP contribution in [-0.4, -0.2) is 15.0 Å². The Bertz CT molecular complexity index is 507. The summed E-state index contributed by atoms with van der Waals surface area (Å²) >= 11 is 3.37. The Balaban J connectivity index is 1.72. The molecule has 2 heterocycles. The maximum atomic E-state index is 4.52. The van der Waals surface area contributed by atoms with E-state index in [1.807, 2.05) is 12.1 Å². The van der Waals surface area contributed by atoms with Gasteiger partial charge in [-0.1, -0.05) is 45.4 Å². The van der Waals surface area contributed by atoms with Crippen LogP contribution in [-0.2, 0) is 6.42 Å². The van der Waals surface area contributed by atoms with E-state index >= 15 is 0 Å². The van der Waals surface area contributed by atoms with Crippen LogP contribution in [0.25, 0.3) is 11.2 Å². The van der Waals surface area contributed by atoms with Gasteiger partial charge < -0.3 is 4.98 Å². The minimum Gasteiger partial charge on any atom is -0.341 e. The van der Waals surface area contributed by atoms with Gasteiger partial charge in [0.25, 0.3) is 0 Å². The standard InChI is InChI=1S/C15H22BrN3/c1-2-3-4-5-6-7-8-9-14-17-12-10-11-13(16)18-15(12)19-14/h10-11H,2-9H2,1H3,(H,17,18,19). The highest BCUT2D eigenvalue weighted by molar-refractivity contribution is 9.10. The molecular weight excluding hydrogens is 302 g/mol. The summed E-state index contributed by atoms with van der Waals surface area (Å²) in [5, 5.41) is 0.